The average molecular weight is 330 g/mol. The van der Waals surface area contributed by atoms with Crippen LogP contribution in [0, 0.1) is 0 Å². The summed E-state index contributed by atoms with van der Waals surface area (Å²) in [5, 5.41) is 0.322. The highest BCUT2D eigenvalue weighted by Gasteiger charge is 2.26. The Morgan fingerprint density at radius 1 is 1.04 bits per heavy atom. The summed E-state index contributed by atoms with van der Waals surface area (Å²) in [6.07, 6.45) is 0.874. The van der Waals surface area contributed by atoms with E-state index in [0.717, 1.165) is 27.2 Å². The molecule has 2 aromatic rings. The minimum absolute atomic E-state index is 0.0217. The largest absolute Gasteiger partial charge is 0.466 e. The molecule has 0 saturated heterocycles. The summed E-state index contributed by atoms with van der Waals surface area (Å²) in [6, 6.07) is 6.35. The SMILES string of the molecule is COC(=O)/C=C(/C(=O)OC)c1c(C(C)=O)c(=O)oc2ccccc12. The molecule has 124 valence electrons. The van der Waals surface area contributed by atoms with Crippen LogP contribution < -0.4 is 5.63 Å². The average Bonchev–Trinajstić information content (AvgIpc) is 2.57. The Morgan fingerprint density at radius 2 is 1.71 bits per heavy atom. The van der Waals surface area contributed by atoms with Crippen molar-refractivity contribution < 1.29 is 28.3 Å². The van der Waals surface area contributed by atoms with Crippen molar-refractivity contribution in [3.05, 3.63) is 51.9 Å². The Balaban J connectivity index is 2.99. The molecule has 0 atom stereocenters. The van der Waals surface area contributed by atoms with E-state index in [4.69, 9.17) is 4.42 Å². The highest BCUT2D eigenvalue weighted by atomic mass is 16.5. The number of carbonyl (C=O) groups excluding carboxylic acids is 3. The maximum Gasteiger partial charge on any atom is 0.347 e. The van der Waals surface area contributed by atoms with Gasteiger partial charge < -0.3 is 13.9 Å². The van der Waals surface area contributed by atoms with Gasteiger partial charge in [0.25, 0.3) is 0 Å². The molecule has 0 aliphatic heterocycles. The van der Waals surface area contributed by atoms with Crippen molar-refractivity contribution in [2.24, 2.45) is 0 Å². The molecule has 0 saturated carbocycles. The molecule has 1 aromatic heterocycles. The van der Waals surface area contributed by atoms with Gasteiger partial charge in [0, 0.05) is 17.0 Å². The first-order chi connectivity index (χ1) is 11.4. The van der Waals surface area contributed by atoms with Crippen molar-refractivity contribution in [3.63, 3.8) is 0 Å². The van der Waals surface area contributed by atoms with Crippen LogP contribution in [0.3, 0.4) is 0 Å². The molecule has 0 N–H and O–H groups in total. The fourth-order valence-corrected chi connectivity index (χ4v) is 2.27. The third-order valence-electron chi connectivity index (χ3n) is 3.30. The Kier molecular flexibility index (Phi) is 4.93. The van der Waals surface area contributed by atoms with Gasteiger partial charge in [-0.05, 0) is 13.0 Å². The van der Waals surface area contributed by atoms with Crippen LogP contribution >= 0.6 is 0 Å². The van der Waals surface area contributed by atoms with Crippen molar-refractivity contribution in [1.82, 2.24) is 0 Å². The van der Waals surface area contributed by atoms with Gasteiger partial charge in [0.2, 0.25) is 0 Å². The van der Waals surface area contributed by atoms with E-state index >= 15 is 0 Å². The molecule has 2 rings (SSSR count). The predicted molar refractivity (Wildman–Crippen MR) is 84.5 cm³/mol. The van der Waals surface area contributed by atoms with Crippen molar-refractivity contribution in [1.29, 1.82) is 0 Å². The Hall–Kier alpha value is -3.22. The second-order valence-electron chi connectivity index (χ2n) is 4.76. The number of carbonyl (C=O) groups is 3. The van der Waals surface area contributed by atoms with Gasteiger partial charge in [-0.25, -0.2) is 14.4 Å². The minimum atomic E-state index is -0.907. The van der Waals surface area contributed by atoms with Crippen LogP contribution in [-0.2, 0) is 19.1 Å². The molecule has 24 heavy (non-hydrogen) atoms. The summed E-state index contributed by atoms with van der Waals surface area (Å²) in [5.74, 6) is -2.33. The van der Waals surface area contributed by atoms with E-state index < -0.39 is 23.3 Å². The minimum Gasteiger partial charge on any atom is -0.466 e. The molecule has 0 aliphatic rings. The summed E-state index contributed by atoms with van der Waals surface area (Å²) in [7, 11) is 2.26. The van der Waals surface area contributed by atoms with E-state index in [-0.39, 0.29) is 22.3 Å². The first-order valence-corrected chi connectivity index (χ1v) is 6.85. The van der Waals surface area contributed by atoms with E-state index in [9.17, 15) is 19.2 Å². The van der Waals surface area contributed by atoms with Crippen LogP contribution in [0.5, 0.6) is 0 Å². The number of ether oxygens (including phenoxy) is 2. The summed E-state index contributed by atoms with van der Waals surface area (Å²) in [6.45, 7) is 1.16. The number of fused-ring (bicyclic) bond motifs is 1. The van der Waals surface area contributed by atoms with E-state index in [1.54, 1.807) is 18.2 Å². The van der Waals surface area contributed by atoms with Crippen molar-refractivity contribution in [2.75, 3.05) is 14.2 Å². The van der Waals surface area contributed by atoms with Crippen LogP contribution in [0.2, 0.25) is 0 Å². The number of Topliss-reactive ketones (excluding diaryl/α,β-unsaturated/α-hetero) is 1. The third kappa shape index (κ3) is 3.10. The molecule has 0 aliphatic carbocycles. The van der Waals surface area contributed by atoms with E-state index in [1.807, 2.05) is 0 Å². The number of hydrogen-bond acceptors (Lipinski definition) is 7. The normalized spacial score (nSPS) is 11.2. The molecule has 1 aromatic carbocycles. The molecule has 0 amide bonds. The van der Waals surface area contributed by atoms with Gasteiger partial charge in [-0.3, -0.25) is 4.79 Å². The molecule has 1 heterocycles. The zero-order valence-electron chi connectivity index (χ0n) is 13.2. The lowest BCUT2D eigenvalue weighted by Crippen LogP contribution is -2.19. The molecule has 0 spiro atoms. The third-order valence-corrected chi connectivity index (χ3v) is 3.30. The first-order valence-electron chi connectivity index (χ1n) is 6.85. The predicted octanol–water partition coefficient (Wildman–Crippen LogP) is 1.72. The lowest BCUT2D eigenvalue weighted by Gasteiger charge is -2.11. The number of hydrogen-bond donors (Lipinski definition) is 0. The fraction of sp³-hybridized carbons (Fsp3) is 0.176. The maximum atomic E-state index is 12.2. The molecular weight excluding hydrogens is 316 g/mol. The zero-order valence-corrected chi connectivity index (χ0v) is 13.2. The molecule has 7 heteroatoms. The second kappa shape index (κ2) is 6.91. The van der Waals surface area contributed by atoms with Crippen LogP contribution in [0.25, 0.3) is 16.5 Å². The summed E-state index contributed by atoms with van der Waals surface area (Å²) >= 11 is 0. The Bertz CT molecular complexity index is 918. The zero-order chi connectivity index (χ0) is 17.9. The number of methoxy groups -OCH3 is 2. The van der Waals surface area contributed by atoms with Crippen molar-refractivity contribution in [2.45, 2.75) is 6.92 Å². The number of para-hydroxylation sites is 1. The lowest BCUT2D eigenvalue weighted by molar-refractivity contribution is -0.136. The van der Waals surface area contributed by atoms with E-state index in [1.165, 1.54) is 6.07 Å². The quantitative estimate of drug-likeness (QED) is 0.364. The van der Waals surface area contributed by atoms with Gasteiger partial charge in [-0.2, -0.15) is 0 Å². The van der Waals surface area contributed by atoms with Crippen LogP contribution in [0.1, 0.15) is 22.8 Å². The summed E-state index contributed by atoms with van der Waals surface area (Å²) in [5.41, 5.74) is -1.36. The molecule has 7 nitrogen and oxygen atoms in total. The van der Waals surface area contributed by atoms with Crippen molar-refractivity contribution >= 4 is 34.3 Å². The number of esters is 2. The van der Waals surface area contributed by atoms with E-state index in [0.29, 0.717) is 5.39 Å². The maximum absolute atomic E-state index is 12.2. The van der Waals surface area contributed by atoms with Gasteiger partial charge in [0.05, 0.1) is 19.8 Å². The van der Waals surface area contributed by atoms with Crippen molar-refractivity contribution in [3.8, 4) is 0 Å². The second-order valence-corrected chi connectivity index (χ2v) is 4.76. The Labute approximate surface area is 136 Å². The highest BCUT2D eigenvalue weighted by Crippen LogP contribution is 2.28. The molecule has 0 bridgehead atoms. The molecule has 0 radical (unpaired) electrons. The number of rotatable bonds is 4. The molecular formula is C17H14O7. The van der Waals surface area contributed by atoms with Gasteiger partial charge in [0.15, 0.2) is 5.78 Å². The van der Waals surface area contributed by atoms with Gasteiger partial charge in [-0.1, -0.05) is 18.2 Å². The first kappa shape index (κ1) is 17.1. The van der Waals surface area contributed by atoms with Crippen LogP contribution in [-0.4, -0.2) is 31.9 Å². The summed E-state index contributed by atoms with van der Waals surface area (Å²) < 4.78 is 14.3. The number of benzene rings is 1. The lowest BCUT2D eigenvalue weighted by atomic mass is 9.94. The molecule has 0 fully saturated rings. The van der Waals surface area contributed by atoms with Gasteiger partial charge in [0.1, 0.15) is 11.1 Å². The monoisotopic (exact) mass is 330 g/mol. The van der Waals surface area contributed by atoms with Gasteiger partial charge in [-0.15, -0.1) is 0 Å². The van der Waals surface area contributed by atoms with Gasteiger partial charge >= 0.3 is 17.6 Å². The number of ketones is 1. The molecule has 0 unspecified atom stereocenters. The highest BCUT2D eigenvalue weighted by molar-refractivity contribution is 6.25. The smallest absolute Gasteiger partial charge is 0.347 e. The Morgan fingerprint density at radius 3 is 2.29 bits per heavy atom. The van der Waals surface area contributed by atoms with Crippen LogP contribution in [0.15, 0.2) is 39.6 Å². The summed E-state index contributed by atoms with van der Waals surface area (Å²) in [4.78, 5) is 47.9. The standard InChI is InChI=1S/C17H14O7/c1-9(18)14-15(11(16(20)23-3)8-13(19)22-2)10-6-4-5-7-12(10)24-17(14)21/h4-8H,1-3H3/b11-8+. The topological polar surface area (TPSA) is 99.9 Å². The van der Waals surface area contributed by atoms with E-state index in [2.05, 4.69) is 9.47 Å². The van der Waals surface area contributed by atoms with Crippen LogP contribution in [0.4, 0.5) is 0 Å². The fourth-order valence-electron chi connectivity index (χ4n) is 2.27.